The van der Waals surface area contributed by atoms with Crippen molar-refractivity contribution in [2.45, 2.75) is 46.6 Å². The van der Waals surface area contributed by atoms with Gasteiger partial charge in [-0.25, -0.2) is 0 Å². The van der Waals surface area contributed by atoms with Gasteiger partial charge < -0.3 is 10.6 Å². The monoisotopic (exact) mass is 318 g/mol. The second kappa shape index (κ2) is 6.95. The van der Waals surface area contributed by atoms with E-state index in [1.54, 1.807) is 11.9 Å². The predicted octanol–water partition coefficient (Wildman–Crippen LogP) is 1.46. The van der Waals surface area contributed by atoms with Crippen molar-refractivity contribution in [2.75, 3.05) is 13.6 Å². The first-order valence-corrected chi connectivity index (χ1v) is 7.85. The third kappa shape index (κ3) is 3.61. The largest absolute Gasteiger partial charge is 0.344 e. The van der Waals surface area contributed by atoms with Gasteiger partial charge >= 0.3 is 0 Å². The Hall–Kier alpha value is -2.15. The molecule has 1 amide bonds. The minimum absolute atomic E-state index is 0.0850. The van der Waals surface area contributed by atoms with Gasteiger partial charge in [0.05, 0.1) is 11.4 Å². The minimum atomic E-state index is -0.670. The number of nitrogens with two attached hydrogens (primary N) is 1. The number of amides is 1. The molecule has 2 aromatic rings. The molecule has 23 heavy (non-hydrogen) atoms. The third-order valence-electron chi connectivity index (χ3n) is 4.34. The summed E-state index contributed by atoms with van der Waals surface area (Å²) in [6.45, 7) is 8.41. The Balaban J connectivity index is 1.93. The summed E-state index contributed by atoms with van der Waals surface area (Å²) in [4.78, 5) is 14.2. The molecule has 0 spiro atoms. The zero-order chi connectivity index (χ0) is 17.1. The third-order valence-corrected chi connectivity index (χ3v) is 4.34. The lowest BCUT2D eigenvalue weighted by Gasteiger charge is -2.21. The topological polar surface area (TPSA) is 104 Å². The number of carbonyl (C=O) groups is 1. The molecular weight excluding hydrogens is 292 g/mol. The maximum absolute atomic E-state index is 12.5. The van der Waals surface area contributed by atoms with Crippen LogP contribution in [0, 0.1) is 27.7 Å². The summed E-state index contributed by atoms with van der Waals surface area (Å²) in [5.41, 5.74) is 11.9. The van der Waals surface area contributed by atoms with Crippen LogP contribution in [0.4, 0.5) is 0 Å². The van der Waals surface area contributed by atoms with Crippen molar-refractivity contribution in [3.05, 3.63) is 33.9 Å². The molecule has 2 aromatic heterocycles. The summed E-state index contributed by atoms with van der Waals surface area (Å²) in [7, 11) is 1.79. The molecule has 0 bridgehead atoms. The molecule has 0 radical (unpaired) electrons. The van der Waals surface area contributed by atoms with Crippen LogP contribution in [0.25, 0.3) is 0 Å². The van der Waals surface area contributed by atoms with Crippen LogP contribution >= 0.6 is 0 Å². The molecule has 7 nitrogen and oxygen atoms in total. The molecule has 0 aromatic carbocycles. The van der Waals surface area contributed by atoms with Crippen LogP contribution < -0.4 is 5.73 Å². The summed E-state index contributed by atoms with van der Waals surface area (Å²) in [6.07, 6.45) is 1.77. The number of aromatic amines is 2. The first-order valence-electron chi connectivity index (χ1n) is 7.85. The van der Waals surface area contributed by atoms with E-state index >= 15 is 0 Å². The standard InChI is InChI=1S/C16H26N6O/c1-9-13(10(2)19-18-9)7-6-8-22(5)16(23)15(17)14-11(3)20-21-12(14)4/h15H,6-8,17H2,1-5H3,(H,18,19)(H,20,21)/t15-/m0/s1. The van der Waals surface area contributed by atoms with Gasteiger partial charge in [0.25, 0.3) is 0 Å². The Bertz CT molecular complexity index is 648. The van der Waals surface area contributed by atoms with Crippen molar-refractivity contribution in [1.82, 2.24) is 25.3 Å². The number of nitrogens with zero attached hydrogens (tertiary/aromatic N) is 3. The van der Waals surface area contributed by atoms with Crippen LogP contribution in [-0.4, -0.2) is 44.8 Å². The lowest BCUT2D eigenvalue weighted by atomic mass is 10.0. The van der Waals surface area contributed by atoms with Gasteiger partial charge in [-0.3, -0.25) is 15.0 Å². The van der Waals surface area contributed by atoms with Crippen LogP contribution in [0.3, 0.4) is 0 Å². The number of aryl methyl sites for hydroxylation is 4. The average Bonchev–Trinajstić information content (AvgIpc) is 3.01. The molecule has 126 valence electrons. The number of nitrogens with one attached hydrogen (secondary N) is 2. The summed E-state index contributed by atoms with van der Waals surface area (Å²) in [5, 5.41) is 14.2. The van der Waals surface area contributed by atoms with Gasteiger partial charge in [0.15, 0.2) is 0 Å². The molecule has 0 aliphatic rings. The van der Waals surface area contributed by atoms with Crippen molar-refractivity contribution in [1.29, 1.82) is 0 Å². The maximum atomic E-state index is 12.5. The van der Waals surface area contributed by atoms with Crippen LogP contribution in [-0.2, 0) is 11.2 Å². The van der Waals surface area contributed by atoms with Crippen molar-refractivity contribution in [2.24, 2.45) is 5.73 Å². The average molecular weight is 318 g/mol. The van der Waals surface area contributed by atoms with E-state index in [1.165, 1.54) is 5.56 Å². The fraction of sp³-hybridized carbons (Fsp3) is 0.562. The predicted molar refractivity (Wildman–Crippen MR) is 89.0 cm³/mol. The quantitative estimate of drug-likeness (QED) is 0.750. The van der Waals surface area contributed by atoms with Crippen molar-refractivity contribution >= 4 is 5.91 Å². The fourth-order valence-corrected chi connectivity index (χ4v) is 2.92. The molecule has 0 aliphatic carbocycles. The fourth-order valence-electron chi connectivity index (χ4n) is 2.92. The second-order valence-electron chi connectivity index (χ2n) is 6.10. The molecule has 0 aliphatic heterocycles. The Morgan fingerprint density at radius 2 is 1.74 bits per heavy atom. The van der Waals surface area contributed by atoms with E-state index in [0.717, 1.165) is 41.2 Å². The molecular formula is C16H26N6O. The number of H-pyrrole nitrogens is 2. The number of rotatable bonds is 6. The number of aromatic nitrogens is 4. The van der Waals surface area contributed by atoms with Gasteiger partial charge in [-0.05, 0) is 46.1 Å². The molecule has 0 unspecified atom stereocenters. The Labute approximate surface area is 136 Å². The Kier molecular flexibility index (Phi) is 5.20. The maximum Gasteiger partial charge on any atom is 0.243 e. The molecule has 2 rings (SSSR count). The van der Waals surface area contributed by atoms with E-state index < -0.39 is 6.04 Å². The smallest absolute Gasteiger partial charge is 0.243 e. The highest BCUT2D eigenvalue weighted by Gasteiger charge is 2.24. The van der Waals surface area contributed by atoms with Crippen molar-refractivity contribution in [3.8, 4) is 0 Å². The molecule has 7 heteroatoms. The number of hydrogen-bond donors (Lipinski definition) is 3. The van der Waals surface area contributed by atoms with Gasteiger partial charge in [0, 0.05) is 30.5 Å². The van der Waals surface area contributed by atoms with E-state index in [-0.39, 0.29) is 5.91 Å². The highest BCUT2D eigenvalue weighted by Crippen LogP contribution is 2.19. The van der Waals surface area contributed by atoms with Crippen LogP contribution in [0.15, 0.2) is 0 Å². The van der Waals surface area contributed by atoms with Crippen LogP contribution in [0.2, 0.25) is 0 Å². The van der Waals surface area contributed by atoms with E-state index in [4.69, 9.17) is 5.73 Å². The summed E-state index contributed by atoms with van der Waals surface area (Å²) < 4.78 is 0. The molecule has 0 saturated carbocycles. The van der Waals surface area contributed by atoms with Crippen molar-refractivity contribution in [3.63, 3.8) is 0 Å². The number of carbonyl (C=O) groups excluding carboxylic acids is 1. The molecule has 4 N–H and O–H groups in total. The zero-order valence-electron chi connectivity index (χ0n) is 14.5. The zero-order valence-corrected chi connectivity index (χ0v) is 14.5. The number of hydrogen-bond acceptors (Lipinski definition) is 4. The molecule has 0 saturated heterocycles. The Morgan fingerprint density at radius 1 is 1.13 bits per heavy atom. The van der Waals surface area contributed by atoms with Gasteiger partial charge in [0.2, 0.25) is 5.91 Å². The van der Waals surface area contributed by atoms with Gasteiger partial charge in [0.1, 0.15) is 6.04 Å². The van der Waals surface area contributed by atoms with E-state index in [9.17, 15) is 4.79 Å². The highest BCUT2D eigenvalue weighted by atomic mass is 16.2. The normalized spacial score (nSPS) is 12.4. The van der Waals surface area contributed by atoms with E-state index in [1.807, 2.05) is 27.7 Å². The lowest BCUT2D eigenvalue weighted by molar-refractivity contribution is -0.131. The highest BCUT2D eigenvalue weighted by molar-refractivity contribution is 5.83. The summed E-state index contributed by atoms with van der Waals surface area (Å²) in [5.74, 6) is -0.0850. The molecule has 0 fully saturated rings. The first-order chi connectivity index (χ1) is 10.8. The van der Waals surface area contributed by atoms with Gasteiger partial charge in [-0.1, -0.05) is 0 Å². The first kappa shape index (κ1) is 17.2. The molecule has 1 atom stereocenters. The van der Waals surface area contributed by atoms with Gasteiger partial charge in [-0.2, -0.15) is 10.2 Å². The second-order valence-corrected chi connectivity index (χ2v) is 6.10. The lowest BCUT2D eigenvalue weighted by Crippen LogP contribution is -2.37. The van der Waals surface area contributed by atoms with Crippen LogP contribution in [0.5, 0.6) is 0 Å². The summed E-state index contributed by atoms with van der Waals surface area (Å²) >= 11 is 0. The van der Waals surface area contributed by atoms with E-state index in [0.29, 0.717) is 6.54 Å². The minimum Gasteiger partial charge on any atom is -0.344 e. The number of likely N-dealkylation sites (N-methyl/N-ethyl adjacent to an activating group) is 1. The van der Waals surface area contributed by atoms with Gasteiger partial charge in [-0.15, -0.1) is 0 Å². The SMILES string of the molecule is Cc1n[nH]c(C)c1CCCN(C)C(=O)[C@@H](N)c1c(C)n[nH]c1C. The summed E-state index contributed by atoms with van der Waals surface area (Å²) in [6, 6.07) is -0.670. The van der Waals surface area contributed by atoms with E-state index in [2.05, 4.69) is 20.4 Å². The van der Waals surface area contributed by atoms with Crippen molar-refractivity contribution < 1.29 is 4.79 Å². The van der Waals surface area contributed by atoms with Crippen LogP contribution in [0.1, 0.15) is 46.4 Å². The molecule has 2 heterocycles. The Morgan fingerprint density at radius 3 is 2.26 bits per heavy atom.